The molecule has 2 nitrogen and oxygen atoms in total. The summed E-state index contributed by atoms with van der Waals surface area (Å²) < 4.78 is 20.7. The summed E-state index contributed by atoms with van der Waals surface area (Å²) in [5, 5.41) is 5.31. The fourth-order valence-corrected chi connectivity index (χ4v) is 3.28. The second-order valence-corrected chi connectivity index (χ2v) is 7.18. The van der Waals surface area contributed by atoms with E-state index in [9.17, 15) is 4.39 Å². The van der Waals surface area contributed by atoms with Gasteiger partial charge in [0.1, 0.15) is 6.61 Å². The van der Waals surface area contributed by atoms with Gasteiger partial charge >= 0.3 is 0 Å². The highest BCUT2D eigenvalue weighted by molar-refractivity contribution is 9.10. The maximum Gasteiger partial charge on any atom is 0.165 e. The van der Waals surface area contributed by atoms with Gasteiger partial charge in [0.25, 0.3) is 0 Å². The Morgan fingerprint density at radius 2 is 2.19 bits per heavy atom. The number of halogens is 2. The van der Waals surface area contributed by atoms with Crippen LogP contribution in [0.15, 0.2) is 34.1 Å². The minimum absolute atomic E-state index is 0.311. The van der Waals surface area contributed by atoms with Crippen LogP contribution in [0.5, 0.6) is 5.75 Å². The van der Waals surface area contributed by atoms with E-state index in [1.165, 1.54) is 6.07 Å². The average molecular weight is 372 g/mol. The van der Waals surface area contributed by atoms with Crippen LogP contribution >= 0.6 is 27.3 Å². The number of rotatable bonds is 7. The molecule has 0 unspecified atom stereocenters. The average Bonchev–Trinajstić information content (AvgIpc) is 2.83. The molecule has 1 aromatic heterocycles. The summed E-state index contributed by atoms with van der Waals surface area (Å²) in [4.78, 5) is 1.06. The number of ether oxygens (including phenoxy) is 1. The normalized spacial score (nSPS) is 11.1. The Morgan fingerprint density at radius 3 is 2.86 bits per heavy atom. The number of hydrogen-bond donors (Lipinski definition) is 1. The summed E-state index contributed by atoms with van der Waals surface area (Å²) in [6.45, 7) is 6.18. The third-order valence-electron chi connectivity index (χ3n) is 2.90. The van der Waals surface area contributed by atoms with Crippen molar-refractivity contribution in [2.75, 3.05) is 6.54 Å². The fourth-order valence-electron chi connectivity index (χ4n) is 1.92. The first kappa shape index (κ1) is 16.5. The molecule has 2 rings (SSSR count). The van der Waals surface area contributed by atoms with Gasteiger partial charge < -0.3 is 10.1 Å². The zero-order chi connectivity index (χ0) is 15.2. The topological polar surface area (TPSA) is 21.3 Å². The molecule has 21 heavy (non-hydrogen) atoms. The van der Waals surface area contributed by atoms with Gasteiger partial charge in [-0.25, -0.2) is 4.39 Å². The summed E-state index contributed by atoms with van der Waals surface area (Å²) in [7, 11) is 0. The summed E-state index contributed by atoms with van der Waals surface area (Å²) >= 11 is 5.00. The van der Waals surface area contributed by atoms with Crippen molar-refractivity contribution >= 4 is 27.3 Å². The molecule has 0 radical (unpaired) electrons. The number of thiophene rings is 1. The highest BCUT2D eigenvalue weighted by atomic mass is 79.9. The van der Waals surface area contributed by atoms with Crippen molar-refractivity contribution in [3.05, 3.63) is 50.4 Å². The lowest BCUT2D eigenvalue weighted by atomic mass is 10.1. The van der Waals surface area contributed by atoms with Crippen LogP contribution in [0.3, 0.4) is 0 Å². The Kier molecular flexibility index (Phi) is 6.21. The molecule has 1 aromatic carbocycles. The minimum atomic E-state index is -0.311. The van der Waals surface area contributed by atoms with Crippen molar-refractivity contribution in [2.45, 2.75) is 27.0 Å². The Balaban J connectivity index is 2.02. The van der Waals surface area contributed by atoms with Crippen molar-refractivity contribution < 1.29 is 9.13 Å². The van der Waals surface area contributed by atoms with Crippen LogP contribution in [0.4, 0.5) is 4.39 Å². The van der Waals surface area contributed by atoms with Crippen molar-refractivity contribution in [3.63, 3.8) is 0 Å². The number of hydrogen-bond acceptors (Lipinski definition) is 3. The van der Waals surface area contributed by atoms with Gasteiger partial charge in [-0.1, -0.05) is 26.0 Å². The Bertz CT molecular complexity index is 585. The largest absolute Gasteiger partial charge is 0.485 e. The lowest BCUT2D eigenvalue weighted by molar-refractivity contribution is 0.289. The molecule has 0 saturated carbocycles. The molecule has 114 valence electrons. The van der Waals surface area contributed by atoms with Crippen LogP contribution < -0.4 is 10.1 Å². The number of benzene rings is 1. The fraction of sp³-hybridized carbons (Fsp3) is 0.375. The highest BCUT2D eigenvalue weighted by Crippen LogP contribution is 2.26. The van der Waals surface area contributed by atoms with Gasteiger partial charge in [-0.05, 0) is 40.5 Å². The van der Waals surface area contributed by atoms with E-state index in [1.807, 2.05) is 17.5 Å². The molecule has 0 aliphatic rings. The molecule has 0 fully saturated rings. The van der Waals surface area contributed by atoms with Gasteiger partial charge in [-0.2, -0.15) is 0 Å². The second-order valence-electron chi connectivity index (χ2n) is 5.27. The van der Waals surface area contributed by atoms with Gasteiger partial charge in [0, 0.05) is 26.8 Å². The lowest BCUT2D eigenvalue weighted by Gasteiger charge is -2.13. The van der Waals surface area contributed by atoms with Crippen molar-refractivity contribution in [2.24, 2.45) is 5.92 Å². The molecule has 1 heterocycles. The molecule has 0 spiro atoms. The Labute approximate surface area is 137 Å². The van der Waals surface area contributed by atoms with E-state index in [-0.39, 0.29) is 5.82 Å². The van der Waals surface area contributed by atoms with Gasteiger partial charge in [0.05, 0.1) is 0 Å². The molecular weight excluding hydrogens is 353 g/mol. The SMILES string of the molecule is CC(C)CNCc1cccc(F)c1OCc1cc(Br)cs1. The van der Waals surface area contributed by atoms with E-state index in [4.69, 9.17) is 4.74 Å². The monoisotopic (exact) mass is 371 g/mol. The van der Waals surface area contributed by atoms with E-state index in [0.29, 0.717) is 24.8 Å². The molecule has 0 saturated heterocycles. The zero-order valence-corrected chi connectivity index (χ0v) is 14.6. The van der Waals surface area contributed by atoms with Crippen LogP contribution in [0.25, 0.3) is 0 Å². The zero-order valence-electron chi connectivity index (χ0n) is 12.2. The van der Waals surface area contributed by atoms with Crippen LogP contribution in [-0.2, 0) is 13.2 Å². The quantitative estimate of drug-likeness (QED) is 0.741. The molecule has 0 aliphatic carbocycles. The van der Waals surface area contributed by atoms with Crippen LogP contribution in [-0.4, -0.2) is 6.54 Å². The lowest BCUT2D eigenvalue weighted by Crippen LogP contribution is -2.19. The summed E-state index contributed by atoms with van der Waals surface area (Å²) in [5.74, 6) is 0.596. The van der Waals surface area contributed by atoms with Crippen molar-refractivity contribution in [1.29, 1.82) is 0 Å². The van der Waals surface area contributed by atoms with E-state index in [2.05, 4.69) is 35.1 Å². The predicted octanol–water partition coefficient (Wildman–Crippen LogP) is 4.97. The summed E-state index contributed by atoms with van der Waals surface area (Å²) in [6.07, 6.45) is 0. The molecular formula is C16H19BrFNOS. The van der Waals surface area contributed by atoms with Crippen LogP contribution in [0.1, 0.15) is 24.3 Å². The summed E-state index contributed by atoms with van der Waals surface area (Å²) in [5.41, 5.74) is 0.853. The molecule has 0 aliphatic heterocycles. The Morgan fingerprint density at radius 1 is 1.38 bits per heavy atom. The van der Waals surface area contributed by atoms with E-state index in [0.717, 1.165) is 21.5 Å². The second kappa shape index (κ2) is 7.92. The smallest absolute Gasteiger partial charge is 0.165 e. The van der Waals surface area contributed by atoms with Crippen molar-refractivity contribution in [3.8, 4) is 5.75 Å². The third-order valence-corrected chi connectivity index (χ3v) is 4.57. The maximum atomic E-state index is 14.0. The van der Waals surface area contributed by atoms with Gasteiger partial charge in [0.15, 0.2) is 11.6 Å². The molecule has 1 N–H and O–H groups in total. The number of para-hydroxylation sites is 1. The molecule has 5 heteroatoms. The first-order valence-corrected chi connectivity index (χ1v) is 8.57. The molecule has 0 bridgehead atoms. The van der Waals surface area contributed by atoms with Gasteiger partial charge in [0.2, 0.25) is 0 Å². The first-order chi connectivity index (χ1) is 10.1. The van der Waals surface area contributed by atoms with E-state index in [1.54, 1.807) is 17.4 Å². The summed E-state index contributed by atoms with van der Waals surface area (Å²) in [6, 6.07) is 7.04. The first-order valence-electron chi connectivity index (χ1n) is 6.90. The predicted molar refractivity (Wildman–Crippen MR) is 89.3 cm³/mol. The van der Waals surface area contributed by atoms with Crippen molar-refractivity contribution in [1.82, 2.24) is 5.32 Å². The Hall–Kier alpha value is -0.910. The van der Waals surface area contributed by atoms with Crippen LogP contribution in [0.2, 0.25) is 0 Å². The molecule has 0 atom stereocenters. The molecule has 2 aromatic rings. The highest BCUT2D eigenvalue weighted by Gasteiger charge is 2.10. The van der Waals surface area contributed by atoms with Gasteiger partial charge in [-0.15, -0.1) is 11.3 Å². The molecule has 0 amide bonds. The third kappa shape index (κ3) is 5.09. The number of nitrogens with one attached hydrogen (secondary N) is 1. The van der Waals surface area contributed by atoms with E-state index >= 15 is 0 Å². The van der Waals surface area contributed by atoms with Gasteiger partial charge in [-0.3, -0.25) is 0 Å². The maximum absolute atomic E-state index is 14.0. The standard InChI is InChI=1S/C16H19BrFNOS/c1-11(2)7-19-8-12-4-3-5-15(18)16(12)20-9-14-6-13(17)10-21-14/h3-6,10-11,19H,7-9H2,1-2H3. The van der Waals surface area contributed by atoms with Crippen LogP contribution in [0, 0.1) is 11.7 Å². The minimum Gasteiger partial charge on any atom is -0.485 e. The van der Waals surface area contributed by atoms with E-state index < -0.39 is 0 Å².